The van der Waals surface area contributed by atoms with Gasteiger partial charge in [-0.3, -0.25) is 9.48 Å². The van der Waals surface area contributed by atoms with Crippen molar-refractivity contribution in [1.29, 1.82) is 0 Å². The molecule has 1 aromatic heterocycles. The molecule has 0 aliphatic heterocycles. The standard InChI is InChI=1S/C14H16N4O3/c1-18-8-10(7-16-18)12(14(20)21)17-13(19)11(15)9-5-3-2-4-6-9/h2-8,11-12H,15H2,1H3,(H,17,19)(H,20,21)/t11-,12?/m1/s1. The fourth-order valence-electron chi connectivity index (χ4n) is 1.92. The van der Waals surface area contributed by atoms with E-state index in [2.05, 4.69) is 10.4 Å². The molecule has 2 aromatic rings. The van der Waals surface area contributed by atoms with Crippen LogP contribution >= 0.6 is 0 Å². The number of carbonyl (C=O) groups excluding carboxylic acids is 1. The first-order valence-electron chi connectivity index (χ1n) is 6.31. The van der Waals surface area contributed by atoms with Gasteiger partial charge in [0.25, 0.3) is 0 Å². The summed E-state index contributed by atoms with van der Waals surface area (Å²) in [4.78, 5) is 23.4. The van der Waals surface area contributed by atoms with E-state index in [-0.39, 0.29) is 0 Å². The van der Waals surface area contributed by atoms with Crippen molar-refractivity contribution in [2.45, 2.75) is 12.1 Å². The molecular weight excluding hydrogens is 272 g/mol. The van der Waals surface area contributed by atoms with Crippen LogP contribution in [0.3, 0.4) is 0 Å². The number of amides is 1. The average Bonchev–Trinajstić information content (AvgIpc) is 2.90. The van der Waals surface area contributed by atoms with Crippen molar-refractivity contribution in [3.63, 3.8) is 0 Å². The molecule has 0 spiro atoms. The van der Waals surface area contributed by atoms with Gasteiger partial charge in [-0.15, -0.1) is 0 Å². The lowest BCUT2D eigenvalue weighted by molar-refractivity contribution is -0.142. The number of nitrogens with one attached hydrogen (secondary N) is 1. The normalized spacial score (nSPS) is 13.4. The second-order valence-electron chi connectivity index (χ2n) is 4.62. The summed E-state index contributed by atoms with van der Waals surface area (Å²) in [5, 5.41) is 15.6. The van der Waals surface area contributed by atoms with E-state index in [0.717, 1.165) is 0 Å². The molecule has 7 nitrogen and oxygen atoms in total. The van der Waals surface area contributed by atoms with Gasteiger partial charge in [-0.2, -0.15) is 5.10 Å². The number of carbonyl (C=O) groups is 2. The fraction of sp³-hybridized carbons (Fsp3) is 0.214. The molecule has 1 aromatic carbocycles. The van der Waals surface area contributed by atoms with Crippen LogP contribution in [0.25, 0.3) is 0 Å². The zero-order chi connectivity index (χ0) is 15.4. The van der Waals surface area contributed by atoms with Crippen LogP contribution in [0, 0.1) is 0 Å². The Balaban J connectivity index is 2.14. The first kappa shape index (κ1) is 14.7. The number of hydrogen-bond donors (Lipinski definition) is 3. The van der Waals surface area contributed by atoms with Gasteiger partial charge in [0.15, 0.2) is 6.04 Å². The van der Waals surface area contributed by atoms with Crippen molar-refractivity contribution in [3.05, 3.63) is 53.9 Å². The topological polar surface area (TPSA) is 110 Å². The fourth-order valence-corrected chi connectivity index (χ4v) is 1.92. The number of aromatic nitrogens is 2. The molecule has 0 bridgehead atoms. The number of aryl methyl sites for hydroxylation is 1. The van der Waals surface area contributed by atoms with Gasteiger partial charge in [-0.05, 0) is 5.56 Å². The van der Waals surface area contributed by atoms with Crippen LogP contribution in [0.1, 0.15) is 23.2 Å². The molecule has 0 saturated heterocycles. The third-order valence-electron chi connectivity index (χ3n) is 3.03. The minimum atomic E-state index is -1.18. The number of rotatable bonds is 5. The Labute approximate surface area is 121 Å². The minimum absolute atomic E-state index is 0.388. The van der Waals surface area contributed by atoms with E-state index in [1.54, 1.807) is 31.3 Å². The van der Waals surface area contributed by atoms with Gasteiger partial charge in [0, 0.05) is 18.8 Å². The van der Waals surface area contributed by atoms with Crippen LogP contribution in [-0.4, -0.2) is 26.8 Å². The molecule has 2 rings (SSSR count). The van der Waals surface area contributed by atoms with Crippen LogP contribution < -0.4 is 11.1 Å². The molecule has 21 heavy (non-hydrogen) atoms. The summed E-state index contributed by atoms with van der Waals surface area (Å²) >= 11 is 0. The van der Waals surface area contributed by atoms with E-state index >= 15 is 0 Å². The van der Waals surface area contributed by atoms with Gasteiger partial charge < -0.3 is 16.2 Å². The van der Waals surface area contributed by atoms with Gasteiger partial charge in [0.1, 0.15) is 6.04 Å². The molecule has 0 aliphatic carbocycles. The molecule has 1 amide bonds. The maximum Gasteiger partial charge on any atom is 0.331 e. The highest BCUT2D eigenvalue weighted by molar-refractivity contribution is 5.88. The van der Waals surface area contributed by atoms with Crippen molar-refractivity contribution in [1.82, 2.24) is 15.1 Å². The third-order valence-corrected chi connectivity index (χ3v) is 3.03. The molecular formula is C14H16N4O3. The predicted octanol–water partition coefficient (Wildman–Crippen LogP) is 0.362. The summed E-state index contributed by atoms with van der Waals surface area (Å²) in [7, 11) is 1.67. The van der Waals surface area contributed by atoms with E-state index < -0.39 is 24.0 Å². The summed E-state index contributed by atoms with van der Waals surface area (Å²) in [6, 6.07) is 6.65. The average molecular weight is 288 g/mol. The highest BCUT2D eigenvalue weighted by Crippen LogP contribution is 2.15. The number of benzene rings is 1. The molecule has 1 heterocycles. The van der Waals surface area contributed by atoms with Crippen molar-refractivity contribution in [2.75, 3.05) is 0 Å². The molecule has 0 saturated carbocycles. The zero-order valence-electron chi connectivity index (χ0n) is 11.4. The largest absolute Gasteiger partial charge is 0.479 e. The Morgan fingerprint density at radius 2 is 1.95 bits per heavy atom. The van der Waals surface area contributed by atoms with E-state index in [1.165, 1.54) is 17.1 Å². The van der Waals surface area contributed by atoms with Gasteiger partial charge in [0.2, 0.25) is 5.91 Å². The lowest BCUT2D eigenvalue weighted by Gasteiger charge is -2.17. The lowest BCUT2D eigenvalue weighted by atomic mass is 10.1. The minimum Gasteiger partial charge on any atom is -0.479 e. The number of hydrogen-bond acceptors (Lipinski definition) is 4. The zero-order valence-corrected chi connectivity index (χ0v) is 11.4. The number of aliphatic carboxylic acids is 1. The van der Waals surface area contributed by atoms with Crippen LogP contribution in [0.5, 0.6) is 0 Å². The first-order valence-corrected chi connectivity index (χ1v) is 6.31. The molecule has 2 atom stereocenters. The highest BCUT2D eigenvalue weighted by Gasteiger charge is 2.26. The third kappa shape index (κ3) is 3.46. The van der Waals surface area contributed by atoms with Gasteiger partial charge in [-0.25, -0.2) is 4.79 Å². The summed E-state index contributed by atoms with van der Waals surface area (Å²) in [5.41, 5.74) is 6.85. The van der Waals surface area contributed by atoms with E-state index in [1.807, 2.05) is 6.07 Å². The number of nitrogens with two attached hydrogens (primary N) is 1. The molecule has 0 fully saturated rings. The lowest BCUT2D eigenvalue weighted by Crippen LogP contribution is -2.39. The molecule has 110 valence electrons. The highest BCUT2D eigenvalue weighted by atomic mass is 16.4. The maximum atomic E-state index is 12.1. The predicted molar refractivity (Wildman–Crippen MR) is 75.1 cm³/mol. The summed E-state index contributed by atoms with van der Waals surface area (Å²) in [5.74, 6) is -1.73. The van der Waals surface area contributed by atoms with Crippen LogP contribution in [0.2, 0.25) is 0 Å². The van der Waals surface area contributed by atoms with E-state index in [4.69, 9.17) is 5.73 Å². The van der Waals surface area contributed by atoms with Gasteiger partial charge in [0.05, 0.1) is 6.20 Å². The Morgan fingerprint density at radius 1 is 1.29 bits per heavy atom. The van der Waals surface area contributed by atoms with Crippen LogP contribution in [-0.2, 0) is 16.6 Å². The molecule has 4 N–H and O–H groups in total. The number of nitrogens with zero attached hydrogens (tertiary/aromatic N) is 2. The summed E-state index contributed by atoms with van der Waals surface area (Å²) in [6.07, 6.45) is 2.93. The SMILES string of the molecule is Cn1cc(C(NC(=O)[C@H](N)c2ccccc2)C(=O)O)cn1. The molecule has 1 unspecified atom stereocenters. The van der Waals surface area contributed by atoms with Crippen molar-refractivity contribution < 1.29 is 14.7 Å². The molecule has 7 heteroatoms. The maximum absolute atomic E-state index is 12.1. The number of carboxylic acids is 1. The molecule has 0 aliphatic rings. The van der Waals surface area contributed by atoms with Crippen LogP contribution in [0.4, 0.5) is 0 Å². The Kier molecular flexibility index (Phi) is 4.34. The Morgan fingerprint density at radius 3 is 2.48 bits per heavy atom. The monoisotopic (exact) mass is 288 g/mol. The summed E-state index contributed by atoms with van der Waals surface area (Å²) in [6.45, 7) is 0. The molecule has 0 radical (unpaired) electrons. The van der Waals surface area contributed by atoms with Crippen molar-refractivity contribution in [3.8, 4) is 0 Å². The Bertz CT molecular complexity index is 639. The first-order chi connectivity index (χ1) is 9.99. The van der Waals surface area contributed by atoms with Gasteiger partial charge in [-0.1, -0.05) is 30.3 Å². The quantitative estimate of drug-likeness (QED) is 0.736. The van der Waals surface area contributed by atoms with Crippen molar-refractivity contribution >= 4 is 11.9 Å². The number of carboxylic acid groups (broad SMARTS) is 1. The summed E-state index contributed by atoms with van der Waals surface area (Å²) < 4.78 is 1.47. The van der Waals surface area contributed by atoms with E-state index in [0.29, 0.717) is 11.1 Å². The van der Waals surface area contributed by atoms with Gasteiger partial charge >= 0.3 is 5.97 Å². The van der Waals surface area contributed by atoms with Crippen molar-refractivity contribution in [2.24, 2.45) is 12.8 Å². The van der Waals surface area contributed by atoms with E-state index in [9.17, 15) is 14.7 Å². The second kappa shape index (κ2) is 6.19. The Hall–Kier alpha value is -2.67. The van der Waals surface area contributed by atoms with Crippen LogP contribution in [0.15, 0.2) is 42.7 Å². The second-order valence-corrected chi connectivity index (χ2v) is 4.62. The smallest absolute Gasteiger partial charge is 0.331 e.